The second kappa shape index (κ2) is 3.81. The third-order valence-corrected chi connectivity index (χ3v) is 6.77. The minimum absolute atomic E-state index is 0.0980. The van der Waals surface area contributed by atoms with E-state index in [0.29, 0.717) is 0 Å². The molecule has 2 unspecified atom stereocenters. The Labute approximate surface area is 126 Å². The first-order chi connectivity index (χ1) is 10.1. The first kappa shape index (κ1) is 12.5. The summed E-state index contributed by atoms with van der Waals surface area (Å²) in [5.41, 5.74) is 5.20. The lowest BCUT2D eigenvalue weighted by molar-refractivity contribution is -0.158. The Bertz CT molecular complexity index is 609. The largest absolute Gasteiger partial charge is 0.484 e. The van der Waals surface area contributed by atoms with Crippen LogP contribution in [0.5, 0.6) is 5.75 Å². The fourth-order valence-electron chi connectivity index (χ4n) is 5.75. The van der Waals surface area contributed by atoms with Gasteiger partial charge in [0.25, 0.3) is 0 Å². The van der Waals surface area contributed by atoms with E-state index in [-0.39, 0.29) is 5.60 Å². The number of rotatable bonds is 0. The van der Waals surface area contributed by atoms with Gasteiger partial charge in [0.15, 0.2) is 0 Å². The van der Waals surface area contributed by atoms with Crippen molar-refractivity contribution >= 4 is 0 Å². The minimum Gasteiger partial charge on any atom is -0.484 e. The van der Waals surface area contributed by atoms with Gasteiger partial charge >= 0.3 is 0 Å². The first-order valence-electron chi connectivity index (χ1n) is 8.45. The molecule has 0 radical (unpaired) electrons. The van der Waals surface area contributed by atoms with Gasteiger partial charge < -0.3 is 9.64 Å². The van der Waals surface area contributed by atoms with E-state index in [1.165, 1.54) is 49.3 Å². The van der Waals surface area contributed by atoms with Crippen LogP contribution in [0.4, 0.5) is 0 Å². The van der Waals surface area contributed by atoms with Gasteiger partial charge in [0, 0.05) is 49.1 Å². The Hall–Kier alpha value is -1.09. The minimum atomic E-state index is 0.0980. The summed E-state index contributed by atoms with van der Waals surface area (Å²) >= 11 is 0. The van der Waals surface area contributed by atoms with E-state index in [2.05, 4.69) is 25.7 Å². The maximum atomic E-state index is 6.75. The van der Waals surface area contributed by atoms with Crippen molar-refractivity contribution in [2.45, 2.75) is 45.6 Å². The Morgan fingerprint density at radius 2 is 1.76 bits per heavy atom. The number of nitrogens with zero attached hydrogens (tertiary/aromatic N) is 2. The lowest BCUT2D eigenvalue weighted by Crippen LogP contribution is -2.68. The molecule has 4 bridgehead atoms. The molecule has 6 rings (SSSR count). The fraction of sp³-hybridized carbons (Fsp3) is 0.722. The van der Waals surface area contributed by atoms with E-state index in [1.54, 1.807) is 0 Å². The van der Waals surface area contributed by atoms with Crippen molar-refractivity contribution < 1.29 is 4.74 Å². The van der Waals surface area contributed by atoms with E-state index in [4.69, 9.17) is 9.72 Å². The topological polar surface area (TPSA) is 25.4 Å². The lowest BCUT2D eigenvalue weighted by Gasteiger charge is -2.60. The molecule has 21 heavy (non-hydrogen) atoms. The summed E-state index contributed by atoms with van der Waals surface area (Å²) in [6.45, 7) is 10.3. The lowest BCUT2D eigenvalue weighted by atomic mass is 9.58. The molecule has 1 aromatic heterocycles. The van der Waals surface area contributed by atoms with Crippen LogP contribution < -0.4 is 4.74 Å². The third kappa shape index (κ3) is 1.46. The van der Waals surface area contributed by atoms with Gasteiger partial charge in [0.05, 0.1) is 5.69 Å². The van der Waals surface area contributed by atoms with E-state index < -0.39 is 0 Å². The van der Waals surface area contributed by atoms with Gasteiger partial charge in [-0.05, 0) is 45.1 Å². The number of aryl methyl sites for hydroxylation is 2. The zero-order valence-electron chi connectivity index (χ0n) is 13.3. The monoisotopic (exact) mass is 284 g/mol. The van der Waals surface area contributed by atoms with Gasteiger partial charge in [-0.3, -0.25) is 4.98 Å². The number of fused-ring (bicyclic) bond motifs is 1. The second-order valence-corrected chi connectivity index (χ2v) is 7.90. The number of hydrogen-bond acceptors (Lipinski definition) is 3. The molecule has 0 N–H and O–H groups in total. The van der Waals surface area contributed by atoms with Gasteiger partial charge in [-0.15, -0.1) is 0 Å². The van der Waals surface area contributed by atoms with Crippen LogP contribution in [-0.4, -0.2) is 35.1 Å². The number of piperidine rings is 3. The maximum absolute atomic E-state index is 6.75. The van der Waals surface area contributed by atoms with Crippen molar-refractivity contribution in [1.82, 2.24) is 9.88 Å². The third-order valence-electron chi connectivity index (χ3n) is 6.77. The molecule has 3 saturated heterocycles. The van der Waals surface area contributed by atoms with Crippen LogP contribution >= 0.6 is 0 Å². The van der Waals surface area contributed by atoms with Crippen molar-refractivity contribution in [2.24, 2.45) is 17.8 Å². The number of hydrogen-bond donors (Lipinski definition) is 0. The summed E-state index contributed by atoms with van der Waals surface area (Å²) in [7, 11) is 0. The van der Waals surface area contributed by atoms with Crippen molar-refractivity contribution in [3.05, 3.63) is 22.5 Å². The molecule has 112 valence electrons. The predicted octanol–water partition coefficient (Wildman–Crippen LogP) is 2.65. The van der Waals surface area contributed by atoms with Crippen LogP contribution in [0.2, 0.25) is 0 Å². The average molecular weight is 284 g/mol. The quantitative estimate of drug-likeness (QED) is 0.732. The van der Waals surface area contributed by atoms with Crippen LogP contribution in [0.3, 0.4) is 0 Å². The SMILES string of the molecule is Cc1nc(C)c2c(c1C)CC1(O2)C2CC3CC1CN(C3)C2. The molecule has 4 fully saturated rings. The summed E-state index contributed by atoms with van der Waals surface area (Å²) in [4.78, 5) is 7.39. The van der Waals surface area contributed by atoms with Gasteiger partial charge in [-0.25, -0.2) is 0 Å². The molecule has 3 nitrogen and oxygen atoms in total. The Morgan fingerprint density at radius 3 is 2.43 bits per heavy atom. The highest BCUT2D eigenvalue weighted by molar-refractivity contribution is 5.49. The van der Waals surface area contributed by atoms with E-state index >= 15 is 0 Å². The molecule has 1 saturated carbocycles. The maximum Gasteiger partial charge on any atom is 0.145 e. The van der Waals surface area contributed by atoms with Crippen molar-refractivity contribution in [1.29, 1.82) is 0 Å². The molecule has 0 aromatic carbocycles. The molecule has 0 amide bonds. The molecule has 1 spiro atoms. The Kier molecular flexibility index (Phi) is 2.26. The van der Waals surface area contributed by atoms with Gasteiger partial charge in [-0.1, -0.05) is 0 Å². The summed E-state index contributed by atoms with van der Waals surface area (Å²) in [5, 5.41) is 0. The molecule has 3 heteroatoms. The highest BCUT2D eigenvalue weighted by Crippen LogP contribution is 2.56. The van der Waals surface area contributed by atoms with Crippen molar-refractivity contribution in [3.63, 3.8) is 0 Å². The van der Waals surface area contributed by atoms with Gasteiger partial charge in [-0.2, -0.15) is 0 Å². The smallest absolute Gasteiger partial charge is 0.145 e. The molecular weight excluding hydrogens is 260 g/mol. The summed E-state index contributed by atoms with van der Waals surface area (Å²) in [6, 6.07) is 0. The predicted molar refractivity (Wildman–Crippen MR) is 81.7 cm³/mol. The van der Waals surface area contributed by atoms with Gasteiger partial charge in [0.1, 0.15) is 11.4 Å². The molecule has 5 heterocycles. The summed E-state index contributed by atoms with van der Waals surface area (Å²) in [5.74, 6) is 3.52. The van der Waals surface area contributed by atoms with E-state index in [0.717, 1.165) is 35.6 Å². The fourth-order valence-corrected chi connectivity index (χ4v) is 5.75. The zero-order valence-corrected chi connectivity index (χ0v) is 13.3. The van der Waals surface area contributed by atoms with E-state index in [1.807, 2.05) is 0 Å². The van der Waals surface area contributed by atoms with Crippen LogP contribution in [0.25, 0.3) is 0 Å². The summed E-state index contributed by atoms with van der Waals surface area (Å²) < 4.78 is 6.75. The number of ether oxygens (including phenoxy) is 1. The van der Waals surface area contributed by atoms with Crippen LogP contribution in [0.1, 0.15) is 35.4 Å². The number of aromatic nitrogens is 1. The highest BCUT2D eigenvalue weighted by atomic mass is 16.5. The first-order valence-corrected chi connectivity index (χ1v) is 8.45. The normalized spacial score (nSPS) is 42.4. The molecule has 5 aliphatic rings. The summed E-state index contributed by atoms with van der Waals surface area (Å²) in [6.07, 6.45) is 3.89. The number of pyridine rings is 1. The highest BCUT2D eigenvalue weighted by Gasteiger charge is 2.61. The van der Waals surface area contributed by atoms with Crippen LogP contribution in [0, 0.1) is 38.5 Å². The molecular formula is C18H24N2O. The molecule has 4 aliphatic heterocycles. The average Bonchev–Trinajstić information content (AvgIpc) is 2.84. The van der Waals surface area contributed by atoms with Crippen LogP contribution in [0.15, 0.2) is 0 Å². The van der Waals surface area contributed by atoms with Crippen molar-refractivity contribution in [2.75, 3.05) is 19.6 Å². The van der Waals surface area contributed by atoms with Crippen molar-refractivity contribution in [3.8, 4) is 5.75 Å². The molecule has 2 atom stereocenters. The van der Waals surface area contributed by atoms with E-state index in [9.17, 15) is 0 Å². The Morgan fingerprint density at radius 1 is 1.05 bits per heavy atom. The van der Waals surface area contributed by atoms with Crippen LogP contribution in [-0.2, 0) is 6.42 Å². The second-order valence-electron chi connectivity index (χ2n) is 7.90. The van der Waals surface area contributed by atoms with Gasteiger partial charge in [0.2, 0.25) is 0 Å². The zero-order chi connectivity index (χ0) is 14.4. The molecule has 1 aromatic rings. The standard InChI is InChI=1S/C18H24N2O/c1-10-11(2)19-12(3)17-16(10)6-18(21-17)14-4-13-5-15(18)9-20(7-13)8-14/h13-15H,4-9H2,1-3H3. The Balaban J connectivity index is 1.61. The molecule has 1 aliphatic carbocycles.